The number of benzene rings is 1. The van der Waals surface area contributed by atoms with Crippen molar-refractivity contribution < 1.29 is 9.53 Å². The Balaban J connectivity index is 2.10. The number of nitrogens with one attached hydrogen (secondary N) is 1. The molecule has 0 spiro atoms. The van der Waals surface area contributed by atoms with Gasteiger partial charge in [-0.05, 0) is 46.9 Å². The number of carbonyl (C=O) groups excluding carboxylic acids is 1. The molecule has 1 aromatic rings. The van der Waals surface area contributed by atoms with Gasteiger partial charge in [0, 0.05) is 9.26 Å². The lowest BCUT2D eigenvalue weighted by Gasteiger charge is -2.12. The average molecular weight is 345 g/mol. The summed E-state index contributed by atoms with van der Waals surface area (Å²) in [6.07, 6.45) is -0.702. The van der Waals surface area contributed by atoms with Crippen molar-refractivity contribution in [1.29, 1.82) is 5.53 Å². The van der Waals surface area contributed by atoms with Crippen molar-refractivity contribution >= 4 is 34.4 Å². The smallest absolute Gasteiger partial charge is 0.414 e. The largest absolute Gasteiger partial charge is 0.442 e. The second kappa shape index (κ2) is 5.24. The number of amides is 1. The van der Waals surface area contributed by atoms with E-state index >= 15 is 0 Å². The van der Waals surface area contributed by atoms with Gasteiger partial charge in [-0.1, -0.05) is 0 Å². The van der Waals surface area contributed by atoms with Crippen LogP contribution < -0.4 is 9.81 Å². The minimum atomic E-state index is -0.378. The summed E-state index contributed by atoms with van der Waals surface area (Å²) in [5.74, 6) is 0. The van der Waals surface area contributed by atoms with E-state index in [1.807, 2.05) is 24.3 Å². The number of hydrogen-bond acceptors (Lipinski definition) is 4. The summed E-state index contributed by atoms with van der Waals surface area (Å²) in [4.78, 5) is 16.1. The normalized spacial score (nSPS) is 18.8. The predicted octanol–water partition coefficient (Wildman–Crippen LogP) is 2.17. The molecule has 0 bridgehead atoms. The van der Waals surface area contributed by atoms with Gasteiger partial charge >= 0.3 is 6.09 Å². The van der Waals surface area contributed by atoms with E-state index in [1.165, 1.54) is 0 Å². The van der Waals surface area contributed by atoms with Crippen LogP contribution in [0.15, 0.2) is 29.4 Å². The minimum Gasteiger partial charge on any atom is -0.442 e. The van der Waals surface area contributed by atoms with Gasteiger partial charge < -0.3 is 4.74 Å². The van der Waals surface area contributed by atoms with Gasteiger partial charge in [-0.15, -0.1) is 0 Å². The maximum atomic E-state index is 11.6. The van der Waals surface area contributed by atoms with E-state index in [0.717, 1.165) is 9.26 Å². The van der Waals surface area contributed by atoms with Gasteiger partial charge in [0.25, 0.3) is 0 Å². The van der Waals surface area contributed by atoms with Crippen LogP contribution in [0, 0.1) is 9.10 Å². The van der Waals surface area contributed by atoms with Crippen molar-refractivity contribution in [3.63, 3.8) is 0 Å². The fourth-order valence-electron chi connectivity index (χ4n) is 1.58. The van der Waals surface area contributed by atoms with Gasteiger partial charge in [-0.25, -0.2) is 4.79 Å². The molecule has 1 fully saturated rings. The first kappa shape index (κ1) is 12.0. The van der Waals surface area contributed by atoms with Crippen LogP contribution in [0.1, 0.15) is 0 Å². The molecule has 1 heterocycles. The van der Waals surface area contributed by atoms with Crippen LogP contribution >= 0.6 is 22.6 Å². The average Bonchev–Trinajstić information content (AvgIpc) is 2.69. The highest BCUT2D eigenvalue weighted by atomic mass is 127. The molecule has 0 unspecified atom stereocenters. The molecule has 1 saturated heterocycles. The molecule has 0 aromatic heterocycles. The number of anilines is 1. The van der Waals surface area contributed by atoms with E-state index < -0.39 is 0 Å². The zero-order chi connectivity index (χ0) is 12.3. The molecular weight excluding hydrogens is 335 g/mol. The summed E-state index contributed by atoms with van der Waals surface area (Å²) in [7, 11) is 0. The Morgan fingerprint density at radius 3 is 2.88 bits per heavy atom. The SMILES string of the molecule is N=[N+]=NC[C@H]1CN(c2ccc(I)cc2)C(=O)O1. The summed E-state index contributed by atoms with van der Waals surface area (Å²) in [5, 5.41) is 3.52. The second-order valence-electron chi connectivity index (χ2n) is 3.52. The lowest BCUT2D eigenvalue weighted by atomic mass is 10.3. The molecule has 7 heteroatoms. The van der Waals surface area contributed by atoms with E-state index in [-0.39, 0.29) is 18.7 Å². The number of carbonyl (C=O) groups is 1. The van der Waals surface area contributed by atoms with E-state index in [2.05, 4.69) is 32.6 Å². The molecule has 0 radical (unpaired) electrons. The molecule has 0 saturated carbocycles. The Labute approximate surface area is 111 Å². The zero-order valence-corrected chi connectivity index (χ0v) is 11.0. The number of halogens is 1. The minimum absolute atomic E-state index is 0.232. The molecule has 0 aliphatic carbocycles. The topological polar surface area (TPSA) is 79.9 Å². The van der Waals surface area contributed by atoms with Crippen molar-refractivity contribution in [2.24, 2.45) is 5.11 Å². The molecular formula is C10H10IN4O2+. The highest BCUT2D eigenvalue weighted by Crippen LogP contribution is 2.22. The van der Waals surface area contributed by atoms with Gasteiger partial charge in [0.1, 0.15) is 16.7 Å². The summed E-state index contributed by atoms with van der Waals surface area (Å²) in [5.41, 5.74) is 7.36. The monoisotopic (exact) mass is 345 g/mol. The number of hydrogen-bond donors (Lipinski definition) is 1. The Morgan fingerprint density at radius 2 is 2.24 bits per heavy atom. The Bertz CT molecular complexity index is 470. The predicted molar refractivity (Wildman–Crippen MR) is 68.9 cm³/mol. The first-order chi connectivity index (χ1) is 8.20. The highest BCUT2D eigenvalue weighted by Gasteiger charge is 2.33. The molecule has 88 valence electrons. The number of nitrogens with zero attached hydrogens (tertiary/aromatic N) is 3. The van der Waals surface area contributed by atoms with E-state index in [9.17, 15) is 4.79 Å². The van der Waals surface area contributed by atoms with Crippen LogP contribution in [-0.2, 0) is 4.74 Å². The van der Waals surface area contributed by atoms with Crippen LogP contribution in [0.4, 0.5) is 10.5 Å². The fraction of sp³-hybridized carbons (Fsp3) is 0.300. The number of cyclic esters (lactones) is 1. The van der Waals surface area contributed by atoms with Crippen LogP contribution in [-0.4, -0.2) is 25.3 Å². The van der Waals surface area contributed by atoms with Crippen molar-refractivity contribution in [2.45, 2.75) is 6.10 Å². The summed E-state index contributed by atoms with van der Waals surface area (Å²) >= 11 is 2.20. The molecule has 1 atom stereocenters. The van der Waals surface area contributed by atoms with Gasteiger partial charge in [-0.2, -0.15) is 0 Å². The van der Waals surface area contributed by atoms with Crippen molar-refractivity contribution in [2.75, 3.05) is 18.0 Å². The fourth-order valence-corrected chi connectivity index (χ4v) is 1.94. The first-order valence-electron chi connectivity index (χ1n) is 4.97. The summed E-state index contributed by atoms with van der Waals surface area (Å²) in [6.45, 7) is 0.675. The standard InChI is InChI=1S/C10H10IN4O2/c11-7-1-3-8(4-2-7)15-6-9(5-13-14-12)17-10(15)16/h1-4,9,12H,5-6H2/q+1/t9-/m0/s1. The van der Waals surface area contributed by atoms with Gasteiger partial charge in [0.05, 0.1) is 6.54 Å². The lowest BCUT2D eigenvalue weighted by molar-refractivity contribution is 0.144. The molecule has 17 heavy (non-hydrogen) atoms. The Kier molecular flexibility index (Phi) is 3.70. The van der Waals surface area contributed by atoms with Crippen LogP contribution in [0.25, 0.3) is 0 Å². The lowest BCUT2D eigenvalue weighted by Crippen LogP contribution is -2.25. The maximum Gasteiger partial charge on any atom is 0.414 e. The van der Waals surface area contributed by atoms with E-state index in [4.69, 9.17) is 10.3 Å². The molecule has 6 nitrogen and oxygen atoms in total. The molecule has 1 amide bonds. The molecule has 1 aromatic carbocycles. The van der Waals surface area contributed by atoms with Crippen LogP contribution in [0.2, 0.25) is 0 Å². The highest BCUT2D eigenvalue weighted by molar-refractivity contribution is 14.1. The Hall–Kier alpha value is -1.47. The maximum absolute atomic E-state index is 11.6. The number of ether oxygens (including phenoxy) is 1. The van der Waals surface area contributed by atoms with Gasteiger partial charge in [0.2, 0.25) is 4.91 Å². The van der Waals surface area contributed by atoms with Crippen LogP contribution in [0.3, 0.4) is 0 Å². The quantitative estimate of drug-likeness (QED) is 0.518. The van der Waals surface area contributed by atoms with Crippen molar-refractivity contribution in [3.8, 4) is 0 Å². The molecule has 1 aliphatic heterocycles. The molecule has 2 rings (SSSR count). The third kappa shape index (κ3) is 2.80. The van der Waals surface area contributed by atoms with E-state index in [0.29, 0.717) is 6.54 Å². The Morgan fingerprint density at radius 1 is 1.53 bits per heavy atom. The van der Waals surface area contributed by atoms with Crippen molar-refractivity contribution in [1.82, 2.24) is 4.91 Å². The summed E-state index contributed by atoms with van der Waals surface area (Å²) < 4.78 is 6.22. The van der Waals surface area contributed by atoms with Gasteiger partial charge in [-0.3, -0.25) is 4.90 Å². The third-order valence-electron chi connectivity index (χ3n) is 2.37. The van der Waals surface area contributed by atoms with Crippen molar-refractivity contribution in [3.05, 3.63) is 27.8 Å². The number of rotatable bonds is 3. The zero-order valence-electron chi connectivity index (χ0n) is 8.84. The summed E-state index contributed by atoms with van der Waals surface area (Å²) in [6, 6.07) is 7.61. The molecule has 1 aliphatic rings. The first-order valence-corrected chi connectivity index (χ1v) is 6.05. The van der Waals surface area contributed by atoms with E-state index in [1.54, 1.807) is 4.90 Å². The van der Waals surface area contributed by atoms with Crippen LogP contribution in [0.5, 0.6) is 0 Å². The third-order valence-corrected chi connectivity index (χ3v) is 3.09. The van der Waals surface area contributed by atoms with Gasteiger partial charge in [0.15, 0.2) is 6.54 Å². The second-order valence-corrected chi connectivity index (χ2v) is 4.76. The molecule has 1 N–H and O–H groups in total.